The molecule has 5 nitrogen and oxygen atoms in total. The fraction of sp³-hybridized carbons (Fsp3) is 0.0909. The molecule has 2 aliphatic rings. The Bertz CT molecular complexity index is 1440. The molecule has 0 unspecified atom stereocenters. The van der Waals surface area contributed by atoms with Gasteiger partial charge in [-0.3, -0.25) is 0 Å². The van der Waals surface area contributed by atoms with Gasteiger partial charge in [0.25, 0.3) is 0 Å². The second-order valence-corrected chi connectivity index (χ2v) is 8.35. The van der Waals surface area contributed by atoms with Gasteiger partial charge in [0, 0.05) is 32.6 Å². The number of hydrogen-bond acceptors (Lipinski definition) is 3. The summed E-state index contributed by atoms with van der Waals surface area (Å²) in [5.41, 5.74) is 5.55. The van der Waals surface area contributed by atoms with E-state index < -0.39 is 0 Å². The number of thioether (sulfide) groups is 1. The molecule has 6 heteroatoms. The van der Waals surface area contributed by atoms with Crippen LogP contribution in [-0.2, 0) is 11.8 Å². The van der Waals surface area contributed by atoms with Gasteiger partial charge in [0.15, 0.2) is 0 Å². The van der Waals surface area contributed by atoms with Crippen molar-refractivity contribution in [3.8, 4) is 0 Å². The van der Waals surface area contributed by atoms with Gasteiger partial charge in [0.2, 0.25) is 0 Å². The molecule has 4 heterocycles. The average molecular weight is 384 g/mol. The van der Waals surface area contributed by atoms with E-state index in [2.05, 4.69) is 33.4 Å². The molecular weight excluding hydrogens is 370 g/mol. The van der Waals surface area contributed by atoms with E-state index in [-0.39, 0.29) is 11.8 Å². The zero-order valence-electron chi connectivity index (χ0n) is 14.7. The second-order valence-electron chi connectivity index (χ2n) is 7.42. The fourth-order valence-corrected chi connectivity index (χ4v) is 6.09. The Balaban J connectivity index is 1.95. The normalized spacial score (nSPS) is 16.1. The lowest BCUT2D eigenvalue weighted by Gasteiger charge is -2.05. The summed E-state index contributed by atoms with van der Waals surface area (Å²) >= 11 is 1.84. The smallest absolute Gasteiger partial charge is 0.329 e. The van der Waals surface area contributed by atoms with E-state index >= 15 is 0 Å². The van der Waals surface area contributed by atoms with E-state index in [0.717, 1.165) is 55.4 Å². The average Bonchev–Trinajstić information content (AvgIpc) is 3.25. The minimum atomic E-state index is -0.168. The fourth-order valence-electron chi connectivity index (χ4n) is 5.10. The van der Waals surface area contributed by atoms with Crippen molar-refractivity contribution >= 4 is 67.2 Å². The number of nitrogens with two attached hydrogens (primary N) is 1. The van der Waals surface area contributed by atoms with Crippen molar-refractivity contribution in [2.45, 2.75) is 11.8 Å². The van der Waals surface area contributed by atoms with Crippen molar-refractivity contribution in [2.75, 3.05) is 0 Å². The predicted octanol–water partition coefficient (Wildman–Crippen LogP) is 3.42. The summed E-state index contributed by atoms with van der Waals surface area (Å²) in [4.78, 5) is 25.9. The Morgan fingerprint density at radius 1 is 0.714 bits per heavy atom. The first-order valence-electron chi connectivity index (χ1n) is 9.24. The van der Waals surface area contributed by atoms with Gasteiger partial charge in [-0.05, 0) is 12.1 Å². The minimum absolute atomic E-state index is 0.168. The molecule has 0 saturated heterocycles. The number of para-hydroxylation sites is 2. The van der Waals surface area contributed by atoms with Crippen LogP contribution in [0.4, 0.5) is 0 Å². The third-order valence-electron chi connectivity index (χ3n) is 6.11. The molecule has 3 aromatic carbocycles. The molecule has 134 valence electrons. The topological polar surface area (TPSA) is 60.6 Å². The molecule has 2 N–H and O–H groups in total. The lowest BCUT2D eigenvalue weighted by molar-refractivity contribution is -0.445. The van der Waals surface area contributed by atoms with Crippen LogP contribution in [0.25, 0.3) is 43.6 Å². The Morgan fingerprint density at radius 2 is 1.18 bits per heavy atom. The van der Waals surface area contributed by atoms with Gasteiger partial charge < -0.3 is 9.13 Å². The molecule has 5 aromatic rings. The molecule has 2 aliphatic heterocycles. The van der Waals surface area contributed by atoms with Gasteiger partial charge in [0.1, 0.15) is 11.1 Å². The Morgan fingerprint density at radius 3 is 1.68 bits per heavy atom. The van der Waals surface area contributed by atoms with Crippen molar-refractivity contribution in [1.29, 1.82) is 0 Å². The highest BCUT2D eigenvalue weighted by Gasteiger charge is 2.40. The number of primary amides is 2. The number of benzene rings is 3. The highest BCUT2D eigenvalue weighted by atomic mass is 32.2. The SMILES string of the molecule is O=C1[NH2+]C(=O)c2c1c1c3ccccc3n3c1c1c2c2ccccc2n1CSC3. The van der Waals surface area contributed by atoms with Crippen LogP contribution in [0.3, 0.4) is 0 Å². The summed E-state index contributed by atoms with van der Waals surface area (Å²) in [5, 5.41) is 5.22. The summed E-state index contributed by atoms with van der Waals surface area (Å²) in [6.07, 6.45) is 0. The van der Waals surface area contributed by atoms with E-state index in [1.165, 1.54) is 5.32 Å². The van der Waals surface area contributed by atoms with Gasteiger partial charge in [-0.25, -0.2) is 14.9 Å². The Hall–Kier alpha value is -3.09. The number of rotatable bonds is 0. The summed E-state index contributed by atoms with van der Waals surface area (Å²) in [7, 11) is 0. The Kier molecular flexibility index (Phi) is 2.58. The third-order valence-corrected chi connectivity index (χ3v) is 6.99. The number of amides is 2. The molecule has 0 radical (unpaired) electrons. The number of imide groups is 1. The van der Waals surface area contributed by atoms with Crippen LogP contribution in [0.2, 0.25) is 0 Å². The van der Waals surface area contributed by atoms with Crippen LogP contribution >= 0.6 is 11.8 Å². The lowest BCUT2D eigenvalue weighted by Crippen LogP contribution is -2.88. The lowest BCUT2D eigenvalue weighted by atomic mass is 9.97. The van der Waals surface area contributed by atoms with Crippen molar-refractivity contribution in [3.63, 3.8) is 0 Å². The van der Waals surface area contributed by atoms with Gasteiger partial charge in [-0.1, -0.05) is 36.4 Å². The third kappa shape index (κ3) is 1.53. The largest absolute Gasteiger partial charge is 0.351 e. The quantitative estimate of drug-likeness (QED) is 0.416. The molecule has 0 saturated carbocycles. The van der Waals surface area contributed by atoms with Crippen LogP contribution in [-0.4, -0.2) is 20.9 Å². The number of quaternary nitrogens is 1. The molecule has 28 heavy (non-hydrogen) atoms. The van der Waals surface area contributed by atoms with Crippen LogP contribution in [0, 0.1) is 0 Å². The molecule has 2 aromatic heterocycles. The summed E-state index contributed by atoms with van der Waals surface area (Å²) in [6.45, 7) is 0. The van der Waals surface area contributed by atoms with E-state index in [4.69, 9.17) is 0 Å². The van der Waals surface area contributed by atoms with Crippen LogP contribution in [0.1, 0.15) is 20.7 Å². The molecule has 0 spiro atoms. The van der Waals surface area contributed by atoms with Crippen molar-refractivity contribution in [2.24, 2.45) is 0 Å². The Labute approximate surface area is 162 Å². The molecule has 2 amide bonds. The number of hydrogen-bond donors (Lipinski definition) is 1. The van der Waals surface area contributed by atoms with Crippen LogP contribution in [0.5, 0.6) is 0 Å². The number of nitrogens with zero attached hydrogens (tertiary/aromatic N) is 2. The standard InChI is InChI=1S/C22H13N3O2S/c26-21-17-15-11-5-1-3-7-13(11)24-9-28-10-25-14-8-4-2-6-12(14)16(20(25)19(15)24)18(17)22(27)23-21/h1-8H,9-10H2,(H,23,26,27)/p+1. The van der Waals surface area contributed by atoms with Crippen molar-refractivity contribution in [1.82, 2.24) is 9.13 Å². The van der Waals surface area contributed by atoms with Crippen molar-refractivity contribution < 1.29 is 14.9 Å². The summed E-state index contributed by atoms with van der Waals surface area (Å²) in [6, 6.07) is 16.4. The van der Waals surface area contributed by atoms with Crippen molar-refractivity contribution in [3.05, 3.63) is 59.7 Å². The zero-order valence-corrected chi connectivity index (χ0v) is 15.5. The highest BCUT2D eigenvalue weighted by Crippen LogP contribution is 2.46. The molecule has 0 aliphatic carbocycles. The molecule has 0 atom stereocenters. The van der Waals surface area contributed by atoms with Gasteiger partial charge in [-0.15, -0.1) is 11.8 Å². The minimum Gasteiger partial charge on any atom is -0.329 e. The first-order valence-corrected chi connectivity index (χ1v) is 10.4. The maximum absolute atomic E-state index is 12.9. The second kappa shape index (κ2) is 4.84. The first kappa shape index (κ1) is 14.9. The van der Waals surface area contributed by atoms with Crippen LogP contribution < -0.4 is 5.32 Å². The molecule has 7 rings (SSSR count). The van der Waals surface area contributed by atoms with E-state index in [0.29, 0.717) is 11.1 Å². The molecular formula is C22H14N3O2S+. The maximum Gasteiger partial charge on any atom is 0.351 e. The first-order chi connectivity index (χ1) is 13.8. The number of carbonyl (C=O) groups is 2. The number of carbonyl (C=O) groups excluding carboxylic acids is 2. The number of aromatic nitrogens is 2. The van der Waals surface area contributed by atoms with E-state index in [1.807, 2.05) is 36.0 Å². The molecule has 0 bridgehead atoms. The van der Waals surface area contributed by atoms with Gasteiger partial charge >= 0.3 is 11.8 Å². The molecule has 0 fully saturated rings. The highest BCUT2D eigenvalue weighted by molar-refractivity contribution is 7.97. The van der Waals surface area contributed by atoms with Gasteiger partial charge in [0.05, 0.1) is 22.8 Å². The maximum atomic E-state index is 12.9. The summed E-state index contributed by atoms with van der Waals surface area (Å²) in [5.74, 6) is 1.30. The predicted molar refractivity (Wildman–Crippen MR) is 111 cm³/mol. The van der Waals surface area contributed by atoms with E-state index in [1.54, 1.807) is 0 Å². The van der Waals surface area contributed by atoms with Crippen LogP contribution in [0.15, 0.2) is 48.5 Å². The van der Waals surface area contributed by atoms with Gasteiger partial charge in [-0.2, -0.15) is 0 Å². The monoisotopic (exact) mass is 384 g/mol. The number of fused-ring (bicyclic) bond motifs is 9. The zero-order chi connectivity index (χ0) is 18.6. The van der Waals surface area contributed by atoms with E-state index in [9.17, 15) is 9.59 Å². The summed E-state index contributed by atoms with van der Waals surface area (Å²) < 4.78 is 4.63.